The van der Waals surface area contributed by atoms with E-state index in [0.29, 0.717) is 17.1 Å². The van der Waals surface area contributed by atoms with Crippen molar-refractivity contribution < 1.29 is 4.79 Å². The molecule has 0 unspecified atom stereocenters. The molecule has 4 aromatic rings. The van der Waals surface area contributed by atoms with Crippen molar-refractivity contribution in [3.63, 3.8) is 0 Å². The van der Waals surface area contributed by atoms with Crippen molar-refractivity contribution >= 4 is 33.3 Å². The SMILES string of the molecule is Cn1c2c3c(nc4ccccc4c3c1N)-c1ccccc1C2=O. The van der Waals surface area contributed by atoms with Crippen LogP contribution in [0.5, 0.6) is 0 Å². The predicted octanol–water partition coefficient (Wildman–Crippen LogP) is 3.52. The van der Waals surface area contributed by atoms with Crippen molar-refractivity contribution in [2.75, 3.05) is 5.73 Å². The third-order valence-electron chi connectivity index (χ3n) is 4.72. The van der Waals surface area contributed by atoms with Crippen LogP contribution < -0.4 is 5.73 Å². The van der Waals surface area contributed by atoms with Gasteiger partial charge in [0, 0.05) is 34.3 Å². The number of fused-ring (bicyclic) bond motifs is 4. The molecule has 110 valence electrons. The van der Waals surface area contributed by atoms with Crippen LogP contribution in [0.1, 0.15) is 16.1 Å². The summed E-state index contributed by atoms with van der Waals surface area (Å²) in [6, 6.07) is 15.5. The lowest BCUT2D eigenvalue weighted by Gasteiger charge is -2.17. The largest absolute Gasteiger partial charge is 0.385 e. The Morgan fingerprint density at radius 2 is 1.65 bits per heavy atom. The molecule has 4 nitrogen and oxygen atoms in total. The Hall–Kier alpha value is -3.14. The van der Waals surface area contributed by atoms with Crippen molar-refractivity contribution in [3.05, 3.63) is 59.8 Å². The Labute approximate surface area is 132 Å². The van der Waals surface area contributed by atoms with E-state index in [1.807, 2.05) is 55.6 Å². The molecule has 2 N–H and O–H groups in total. The van der Waals surface area contributed by atoms with Gasteiger partial charge in [0.2, 0.25) is 5.78 Å². The second-order valence-electron chi connectivity index (χ2n) is 5.90. The summed E-state index contributed by atoms with van der Waals surface area (Å²) in [6.07, 6.45) is 0. The van der Waals surface area contributed by atoms with Crippen molar-refractivity contribution in [3.8, 4) is 11.3 Å². The molecule has 0 bridgehead atoms. The highest BCUT2D eigenvalue weighted by Gasteiger charge is 2.31. The Kier molecular flexibility index (Phi) is 2.15. The Balaban J connectivity index is 2.14. The molecule has 2 aromatic carbocycles. The molecule has 0 fully saturated rings. The minimum Gasteiger partial charge on any atom is -0.385 e. The van der Waals surface area contributed by atoms with Gasteiger partial charge in [0.1, 0.15) is 11.5 Å². The van der Waals surface area contributed by atoms with Gasteiger partial charge in [-0.2, -0.15) is 0 Å². The molecule has 23 heavy (non-hydrogen) atoms. The third-order valence-corrected chi connectivity index (χ3v) is 4.72. The molecule has 0 spiro atoms. The fraction of sp³-hybridized carbons (Fsp3) is 0.0526. The van der Waals surface area contributed by atoms with Gasteiger partial charge >= 0.3 is 0 Å². The van der Waals surface area contributed by atoms with E-state index in [2.05, 4.69) is 0 Å². The quantitative estimate of drug-likeness (QED) is 0.476. The summed E-state index contributed by atoms with van der Waals surface area (Å²) in [7, 11) is 1.84. The van der Waals surface area contributed by atoms with Crippen LogP contribution in [-0.2, 0) is 7.05 Å². The van der Waals surface area contributed by atoms with Gasteiger partial charge in [0.05, 0.1) is 11.2 Å². The highest BCUT2D eigenvalue weighted by Crippen LogP contribution is 2.44. The molecule has 0 amide bonds. The number of carbonyl (C=O) groups excluding carboxylic acids is 1. The summed E-state index contributed by atoms with van der Waals surface area (Å²) in [5.41, 5.74) is 10.3. The molecule has 0 saturated carbocycles. The lowest BCUT2D eigenvalue weighted by atomic mass is 9.89. The first-order valence-electron chi connectivity index (χ1n) is 7.49. The Bertz CT molecular complexity index is 1150. The van der Waals surface area contributed by atoms with Crippen molar-refractivity contribution in [1.82, 2.24) is 9.55 Å². The number of pyridine rings is 1. The molecule has 4 heteroatoms. The van der Waals surface area contributed by atoms with Gasteiger partial charge in [0.15, 0.2) is 0 Å². The van der Waals surface area contributed by atoms with Crippen LogP contribution in [0.2, 0.25) is 0 Å². The second-order valence-corrected chi connectivity index (χ2v) is 5.90. The monoisotopic (exact) mass is 299 g/mol. The van der Waals surface area contributed by atoms with Gasteiger partial charge in [0.25, 0.3) is 0 Å². The molecule has 1 aliphatic carbocycles. The number of nitrogens with zero attached hydrogens (tertiary/aromatic N) is 2. The van der Waals surface area contributed by atoms with E-state index in [4.69, 9.17) is 10.7 Å². The number of benzene rings is 2. The minimum absolute atomic E-state index is 0.00869. The van der Waals surface area contributed by atoms with Crippen molar-refractivity contribution in [1.29, 1.82) is 0 Å². The highest BCUT2D eigenvalue weighted by atomic mass is 16.1. The number of hydrogen-bond donors (Lipinski definition) is 1. The zero-order valence-electron chi connectivity index (χ0n) is 12.5. The van der Waals surface area contributed by atoms with Gasteiger partial charge in [-0.25, -0.2) is 4.98 Å². The van der Waals surface area contributed by atoms with Gasteiger partial charge in [-0.15, -0.1) is 0 Å². The summed E-state index contributed by atoms with van der Waals surface area (Å²) in [4.78, 5) is 17.8. The van der Waals surface area contributed by atoms with Crippen LogP contribution in [0.4, 0.5) is 5.82 Å². The number of ketones is 1. The Morgan fingerprint density at radius 3 is 2.48 bits per heavy atom. The third kappa shape index (κ3) is 1.36. The second kappa shape index (κ2) is 3.98. The van der Waals surface area contributed by atoms with Gasteiger partial charge in [-0.1, -0.05) is 42.5 Å². The van der Waals surface area contributed by atoms with Gasteiger partial charge in [-0.05, 0) is 6.07 Å². The van der Waals surface area contributed by atoms with Gasteiger partial charge in [-0.3, -0.25) is 4.79 Å². The van der Waals surface area contributed by atoms with Crippen LogP contribution in [0, 0.1) is 0 Å². The normalized spacial score (nSPS) is 12.8. The highest BCUT2D eigenvalue weighted by molar-refractivity contribution is 6.30. The number of hydrogen-bond acceptors (Lipinski definition) is 3. The number of carbonyl (C=O) groups is 1. The maximum absolute atomic E-state index is 13.0. The maximum Gasteiger partial charge on any atom is 0.210 e. The van der Waals surface area contributed by atoms with E-state index in [9.17, 15) is 4.79 Å². The summed E-state index contributed by atoms with van der Waals surface area (Å²) in [6.45, 7) is 0. The number of rotatable bonds is 0. The predicted molar refractivity (Wildman–Crippen MR) is 91.5 cm³/mol. The van der Waals surface area contributed by atoms with E-state index >= 15 is 0 Å². The van der Waals surface area contributed by atoms with E-state index in [0.717, 1.165) is 32.9 Å². The Morgan fingerprint density at radius 1 is 0.957 bits per heavy atom. The molecule has 2 aromatic heterocycles. The first-order chi connectivity index (χ1) is 11.2. The lowest BCUT2D eigenvalue weighted by Crippen LogP contribution is -2.14. The van der Waals surface area contributed by atoms with Gasteiger partial charge < -0.3 is 10.3 Å². The fourth-order valence-electron chi connectivity index (χ4n) is 3.64. The van der Waals surface area contributed by atoms with Crippen molar-refractivity contribution in [2.24, 2.45) is 7.05 Å². The first kappa shape index (κ1) is 12.4. The molecular formula is C19H13N3O. The summed E-state index contributed by atoms with van der Waals surface area (Å²) in [5, 5.41) is 2.77. The number of nitrogens with two attached hydrogens (primary N) is 1. The van der Waals surface area contributed by atoms with Crippen LogP contribution in [-0.4, -0.2) is 15.3 Å². The van der Waals surface area contributed by atoms with Crippen LogP contribution in [0.3, 0.4) is 0 Å². The van der Waals surface area contributed by atoms with E-state index in [1.165, 1.54) is 0 Å². The van der Waals surface area contributed by atoms with Crippen LogP contribution in [0.25, 0.3) is 32.9 Å². The van der Waals surface area contributed by atoms with Crippen molar-refractivity contribution in [2.45, 2.75) is 0 Å². The molecular weight excluding hydrogens is 286 g/mol. The number of para-hydroxylation sites is 1. The van der Waals surface area contributed by atoms with Crippen LogP contribution in [0.15, 0.2) is 48.5 Å². The average Bonchev–Trinajstić information content (AvgIpc) is 2.85. The molecule has 0 radical (unpaired) electrons. The zero-order valence-corrected chi connectivity index (χ0v) is 12.5. The molecule has 0 atom stereocenters. The average molecular weight is 299 g/mol. The van der Waals surface area contributed by atoms with Crippen LogP contribution >= 0.6 is 0 Å². The lowest BCUT2D eigenvalue weighted by molar-refractivity contribution is 0.103. The maximum atomic E-state index is 13.0. The number of nitrogen functional groups attached to an aromatic ring is 1. The summed E-state index contributed by atoms with van der Waals surface area (Å²) < 4.78 is 1.79. The van der Waals surface area contributed by atoms with E-state index in [1.54, 1.807) is 4.57 Å². The van der Waals surface area contributed by atoms with E-state index in [-0.39, 0.29) is 5.78 Å². The molecule has 0 aliphatic heterocycles. The minimum atomic E-state index is 0.00869. The first-order valence-corrected chi connectivity index (χ1v) is 7.49. The zero-order chi connectivity index (χ0) is 15.7. The molecule has 2 heterocycles. The van der Waals surface area contributed by atoms with E-state index < -0.39 is 0 Å². The summed E-state index contributed by atoms with van der Waals surface area (Å²) >= 11 is 0. The molecule has 1 aliphatic rings. The summed E-state index contributed by atoms with van der Waals surface area (Å²) in [5.74, 6) is 0.616. The molecule has 0 saturated heterocycles. The standard InChI is InChI=1S/C19H13N3O/c1-22-17-15-14(19(22)20)12-8-4-5-9-13(12)21-16(15)10-6-2-3-7-11(10)18(17)23/h2-9H,20H2,1H3. The fourth-order valence-corrected chi connectivity index (χ4v) is 3.64. The number of anilines is 1. The topological polar surface area (TPSA) is 60.9 Å². The number of aromatic nitrogens is 2. The smallest absolute Gasteiger partial charge is 0.210 e. The molecule has 5 rings (SSSR count).